The maximum atomic E-state index is 11.4. The van der Waals surface area contributed by atoms with Gasteiger partial charge in [-0.2, -0.15) is 0 Å². The van der Waals surface area contributed by atoms with E-state index < -0.39 is 0 Å². The van der Waals surface area contributed by atoms with Gasteiger partial charge in [-0.25, -0.2) is 0 Å². The van der Waals surface area contributed by atoms with Gasteiger partial charge in [-0.1, -0.05) is 78.0 Å². The molecule has 0 bridgehead atoms. The molecular formula is C29H27NO3. The summed E-state index contributed by atoms with van der Waals surface area (Å²) < 4.78 is 11.3. The van der Waals surface area contributed by atoms with Crippen molar-refractivity contribution < 1.29 is 14.1 Å². The molecule has 33 heavy (non-hydrogen) atoms. The van der Waals surface area contributed by atoms with Crippen LogP contribution in [-0.4, -0.2) is 11.1 Å². The van der Waals surface area contributed by atoms with E-state index in [1.807, 2.05) is 24.3 Å². The molecule has 1 aromatic heterocycles. The first-order valence-corrected chi connectivity index (χ1v) is 11.5. The number of aromatic nitrogens is 1. The number of rotatable bonds is 6. The minimum absolute atomic E-state index is 0.0204. The number of ether oxygens (including phenoxy) is 1. The molecule has 0 N–H and O–H groups in total. The van der Waals surface area contributed by atoms with Gasteiger partial charge in [-0.15, -0.1) is 0 Å². The molecule has 4 nitrogen and oxygen atoms in total. The average Bonchev–Trinajstić information content (AvgIpc) is 3.28. The standard InChI is InChI=1S/C29H27NO3/c1-20(31)32-27-14-8-13-24-17-21(15-16-26(24)27)18-25-19-28(33-30-25)29(22-9-4-2-5-10-22)23-11-6-3-7-12-23/h2-14,19,21,29H,15-18H2,1H3. The van der Waals surface area contributed by atoms with Crippen LogP contribution in [-0.2, 0) is 24.1 Å². The summed E-state index contributed by atoms with van der Waals surface area (Å²) in [7, 11) is 0. The highest BCUT2D eigenvalue weighted by molar-refractivity contribution is 5.70. The predicted octanol–water partition coefficient (Wildman–Crippen LogP) is 6.13. The van der Waals surface area contributed by atoms with Crippen LogP contribution in [0.5, 0.6) is 5.75 Å². The van der Waals surface area contributed by atoms with Crippen LogP contribution in [0, 0.1) is 5.92 Å². The second kappa shape index (κ2) is 9.45. The second-order valence-corrected chi connectivity index (χ2v) is 8.78. The predicted molar refractivity (Wildman–Crippen MR) is 127 cm³/mol. The SMILES string of the molecule is CC(=O)Oc1cccc2c1CCC(Cc1cc(C(c3ccccc3)c3ccccc3)on1)C2. The van der Waals surface area contributed by atoms with Gasteiger partial charge < -0.3 is 9.26 Å². The number of fused-ring (bicyclic) bond motifs is 1. The molecule has 0 amide bonds. The normalized spacial score (nSPS) is 15.3. The smallest absolute Gasteiger partial charge is 0.308 e. The number of hydrogen-bond acceptors (Lipinski definition) is 4. The fourth-order valence-electron chi connectivity index (χ4n) is 4.94. The van der Waals surface area contributed by atoms with Crippen LogP contribution in [0.2, 0.25) is 0 Å². The zero-order valence-electron chi connectivity index (χ0n) is 18.7. The van der Waals surface area contributed by atoms with E-state index in [0.717, 1.165) is 42.7 Å². The summed E-state index contributed by atoms with van der Waals surface area (Å²) in [4.78, 5) is 11.4. The van der Waals surface area contributed by atoms with Gasteiger partial charge in [-0.05, 0) is 59.9 Å². The van der Waals surface area contributed by atoms with Crippen LogP contribution < -0.4 is 4.74 Å². The molecule has 1 unspecified atom stereocenters. The Morgan fingerprint density at radius 1 is 1.00 bits per heavy atom. The first-order valence-electron chi connectivity index (χ1n) is 11.5. The highest BCUT2D eigenvalue weighted by atomic mass is 16.5. The molecule has 5 rings (SSSR count). The Hall–Kier alpha value is -3.66. The Labute approximate surface area is 194 Å². The van der Waals surface area contributed by atoms with Crippen LogP contribution in [0.3, 0.4) is 0 Å². The number of esters is 1. The molecule has 0 fully saturated rings. The lowest BCUT2D eigenvalue weighted by atomic mass is 9.81. The Morgan fingerprint density at radius 2 is 1.70 bits per heavy atom. The third kappa shape index (κ3) is 4.75. The number of benzene rings is 3. The van der Waals surface area contributed by atoms with E-state index in [4.69, 9.17) is 9.26 Å². The molecule has 0 saturated carbocycles. The Morgan fingerprint density at radius 3 is 2.36 bits per heavy atom. The van der Waals surface area contributed by atoms with Crippen LogP contribution >= 0.6 is 0 Å². The summed E-state index contributed by atoms with van der Waals surface area (Å²) >= 11 is 0. The molecule has 1 aliphatic rings. The third-order valence-electron chi connectivity index (χ3n) is 6.42. The zero-order chi connectivity index (χ0) is 22.6. The Kier molecular flexibility index (Phi) is 6.07. The highest BCUT2D eigenvalue weighted by Crippen LogP contribution is 2.35. The van der Waals surface area contributed by atoms with Gasteiger partial charge >= 0.3 is 5.97 Å². The van der Waals surface area contributed by atoms with E-state index in [0.29, 0.717) is 11.7 Å². The van der Waals surface area contributed by atoms with Gasteiger partial charge in [-0.3, -0.25) is 4.79 Å². The van der Waals surface area contributed by atoms with Gasteiger partial charge in [0.15, 0.2) is 0 Å². The van der Waals surface area contributed by atoms with Crippen molar-refractivity contribution in [3.05, 3.63) is 119 Å². The van der Waals surface area contributed by atoms with Gasteiger partial charge in [0.2, 0.25) is 0 Å². The van der Waals surface area contributed by atoms with Crippen LogP contribution in [0.25, 0.3) is 0 Å². The molecule has 1 atom stereocenters. The van der Waals surface area contributed by atoms with E-state index in [-0.39, 0.29) is 11.9 Å². The molecular weight excluding hydrogens is 410 g/mol. The van der Waals surface area contributed by atoms with E-state index in [1.165, 1.54) is 23.6 Å². The summed E-state index contributed by atoms with van der Waals surface area (Å²) in [5.74, 6) is 1.81. The minimum Gasteiger partial charge on any atom is -0.426 e. The Balaban J connectivity index is 1.35. The van der Waals surface area contributed by atoms with Crippen molar-refractivity contribution >= 4 is 5.97 Å². The maximum Gasteiger partial charge on any atom is 0.308 e. The molecule has 0 spiro atoms. The first kappa shape index (κ1) is 21.2. The van der Waals surface area contributed by atoms with Crippen molar-refractivity contribution in [2.75, 3.05) is 0 Å². The molecule has 0 radical (unpaired) electrons. The zero-order valence-corrected chi connectivity index (χ0v) is 18.7. The number of carbonyl (C=O) groups is 1. The monoisotopic (exact) mass is 437 g/mol. The number of carbonyl (C=O) groups excluding carboxylic acids is 1. The van der Waals surface area contributed by atoms with Crippen molar-refractivity contribution in [1.29, 1.82) is 0 Å². The van der Waals surface area contributed by atoms with Crippen molar-refractivity contribution in [1.82, 2.24) is 5.16 Å². The van der Waals surface area contributed by atoms with Crippen molar-refractivity contribution in [2.24, 2.45) is 5.92 Å². The fraction of sp³-hybridized carbons (Fsp3) is 0.241. The summed E-state index contributed by atoms with van der Waals surface area (Å²) in [6.45, 7) is 1.45. The maximum absolute atomic E-state index is 11.4. The molecule has 4 heteroatoms. The van der Waals surface area contributed by atoms with E-state index in [2.05, 4.69) is 65.8 Å². The average molecular weight is 438 g/mol. The van der Waals surface area contributed by atoms with Crippen LogP contribution in [0.15, 0.2) is 89.5 Å². The largest absolute Gasteiger partial charge is 0.426 e. The van der Waals surface area contributed by atoms with Crippen molar-refractivity contribution in [3.63, 3.8) is 0 Å². The molecule has 1 aliphatic carbocycles. The lowest BCUT2D eigenvalue weighted by molar-refractivity contribution is -0.131. The Bertz CT molecular complexity index is 1190. The number of hydrogen-bond donors (Lipinski definition) is 0. The van der Waals surface area contributed by atoms with E-state index in [9.17, 15) is 4.79 Å². The summed E-state index contributed by atoms with van der Waals surface area (Å²) in [6, 6.07) is 29.0. The quantitative estimate of drug-likeness (QED) is 0.269. The second-order valence-electron chi connectivity index (χ2n) is 8.78. The van der Waals surface area contributed by atoms with Gasteiger partial charge in [0.05, 0.1) is 11.6 Å². The molecule has 3 aromatic carbocycles. The van der Waals surface area contributed by atoms with Crippen LogP contribution in [0.1, 0.15) is 53.0 Å². The summed E-state index contributed by atoms with van der Waals surface area (Å²) in [5.41, 5.74) is 5.80. The molecule has 1 heterocycles. The lowest BCUT2D eigenvalue weighted by Crippen LogP contribution is -2.18. The van der Waals surface area contributed by atoms with Gasteiger partial charge in [0, 0.05) is 13.0 Å². The van der Waals surface area contributed by atoms with Crippen molar-refractivity contribution in [3.8, 4) is 5.75 Å². The molecule has 0 saturated heterocycles. The van der Waals surface area contributed by atoms with E-state index in [1.54, 1.807) is 0 Å². The third-order valence-corrected chi connectivity index (χ3v) is 6.42. The number of nitrogens with zero attached hydrogens (tertiary/aromatic N) is 1. The fourth-order valence-corrected chi connectivity index (χ4v) is 4.94. The van der Waals surface area contributed by atoms with Crippen molar-refractivity contribution in [2.45, 2.75) is 38.5 Å². The van der Waals surface area contributed by atoms with Gasteiger partial charge in [0.1, 0.15) is 11.5 Å². The highest BCUT2D eigenvalue weighted by Gasteiger charge is 2.25. The first-order chi connectivity index (χ1) is 16.2. The summed E-state index contributed by atoms with van der Waals surface area (Å²) in [5, 5.41) is 4.45. The van der Waals surface area contributed by atoms with Crippen LogP contribution in [0.4, 0.5) is 0 Å². The molecule has 0 aliphatic heterocycles. The molecule has 166 valence electrons. The van der Waals surface area contributed by atoms with Gasteiger partial charge in [0.25, 0.3) is 0 Å². The lowest BCUT2D eigenvalue weighted by Gasteiger charge is -2.25. The summed E-state index contributed by atoms with van der Waals surface area (Å²) in [6.07, 6.45) is 3.77. The topological polar surface area (TPSA) is 52.3 Å². The minimum atomic E-state index is -0.271. The van der Waals surface area contributed by atoms with E-state index >= 15 is 0 Å². The molecule has 4 aromatic rings.